The molecule has 2 aliphatic rings. The Morgan fingerprint density at radius 2 is 1.83 bits per heavy atom. The summed E-state index contributed by atoms with van der Waals surface area (Å²) in [5.41, 5.74) is 4.71. The third-order valence-corrected chi connectivity index (χ3v) is 4.84. The van der Waals surface area contributed by atoms with Gasteiger partial charge in [-0.2, -0.15) is 0 Å². The molecule has 0 aliphatic carbocycles. The molecule has 0 atom stereocenters. The van der Waals surface area contributed by atoms with Crippen molar-refractivity contribution in [3.63, 3.8) is 0 Å². The highest BCUT2D eigenvalue weighted by Crippen LogP contribution is 2.35. The van der Waals surface area contributed by atoms with Crippen molar-refractivity contribution in [1.29, 1.82) is 0 Å². The lowest BCUT2D eigenvalue weighted by molar-refractivity contribution is -0.110. The zero-order valence-electron chi connectivity index (χ0n) is 13.1. The minimum atomic E-state index is -0.0552. The fourth-order valence-corrected chi connectivity index (χ4v) is 3.43. The maximum absolute atomic E-state index is 12.2. The van der Waals surface area contributed by atoms with E-state index in [-0.39, 0.29) is 5.91 Å². The van der Waals surface area contributed by atoms with E-state index < -0.39 is 0 Å². The lowest BCUT2D eigenvalue weighted by atomic mass is 10.0. The summed E-state index contributed by atoms with van der Waals surface area (Å²) in [7, 11) is 0. The molecule has 4 nitrogen and oxygen atoms in total. The average Bonchev–Trinajstić information content (AvgIpc) is 2.92. The van der Waals surface area contributed by atoms with Crippen LogP contribution in [-0.4, -0.2) is 32.2 Å². The summed E-state index contributed by atoms with van der Waals surface area (Å²) in [4.78, 5) is 14.6. The summed E-state index contributed by atoms with van der Waals surface area (Å²) in [5.74, 6) is -0.0552. The second kappa shape index (κ2) is 6.42. The fraction of sp³-hybridized carbons (Fsp3) is 0.211. The number of anilines is 2. The van der Waals surface area contributed by atoms with Gasteiger partial charge in [-0.3, -0.25) is 4.79 Å². The third kappa shape index (κ3) is 2.97. The molecule has 0 bridgehead atoms. The standard InChI is InChI=1S/C19H17BrN2O2/c20-14-3-6-18-16(12-14)17(19(23)21-18)11-13-1-4-15(5-2-13)22-7-9-24-10-8-22/h1-6,11-12H,7-10H2,(H,21,23)/b17-11-. The number of nitrogens with zero attached hydrogens (tertiary/aromatic N) is 1. The van der Waals surface area contributed by atoms with Crippen LogP contribution < -0.4 is 10.2 Å². The summed E-state index contributed by atoms with van der Waals surface area (Å²) in [6, 6.07) is 14.1. The quantitative estimate of drug-likeness (QED) is 0.801. The second-order valence-corrected chi connectivity index (χ2v) is 6.81. The van der Waals surface area contributed by atoms with Crippen molar-refractivity contribution in [2.45, 2.75) is 0 Å². The first kappa shape index (κ1) is 15.4. The molecule has 4 rings (SSSR count). The largest absolute Gasteiger partial charge is 0.378 e. The van der Waals surface area contributed by atoms with Crippen LogP contribution in [0.5, 0.6) is 0 Å². The molecule has 0 spiro atoms. The number of halogens is 1. The van der Waals surface area contributed by atoms with Gasteiger partial charge in [-0.1, -0.05) is 28.1 Å². The van der Waals surface area contributed by atoms with Gasteiger partial charge in [-0.05, 0) is 42.0 Å². The molecule has 2 heterocycles. The van der Waals surface area contributed by atoms with E-state index >= 15 is 0 Å². The number of benzene rings is 2. The second-order valence-electron chi connectivity index (χ2n) is 5.89. The summed E-state index contributed by atoms with van der Waals surface area (Å²) in [6.07, 6.45) is 1.94. The Kier molecular flexibility index (Phi) is 4.12. The molecule has 0 radical (unpaired) electrons. The summed E-state index contributed by atoms with van der Waals surface area (Å²) < 4.78 is 6.35. The molecule has 2 aliphatic heterocycles. The minimum absolute atomic E-state index is 0.0552. The Morgan fingerprint density at radius 3 is 2.58 bits per heavy atom. The number of fused-ring (bicyclic) bond motifs is 1. The Balaban J connectivity index is 1.62. The number of hydrogen-bond acceptors (Lipinski definition) is 3. The van der Waals surface area contributed by atoms with Gasteiger partial charge in [0.15, 0.2) is 0 Å². The van der Waals surface area contributed by atoms with Crippen LogP contribution in [-0.2, 0) is 9.53 Å². The normalized spacial score (nSPS) is 18.6. The van der Waals surface area contributed by atoms with Crippen LogP contribution in [0.1, 0.15) is 11.1 Å². The highest BCUT2D eigenvalue weighted by Gasteiger charge is 2.24. The van der Waals surface area contributed by atoms with Crippen LogP contribution in [0.4, 0.5) is 11.4 Å². The van der Waals surface area contributed by atoms with Crippen molar-refractivity contribution in [2.75, 3.05) is 36.5 Å². The van der Waals surface area contributed by atoms with Crippen molar-refractivity contribution in [3.8, 4) is 0 Å². The van der Waals surface area contributed by atoms with Gasteiger partial charge in [0.2, 0.25) is 0 Å². The van der Waals surface area contributed by atoms with E-state index in [4.69, 9.17) is 4.74 Å². The molecule has 1 fully saturated rings. The number of rotatable bonds is 2. The molecule has 2 aromatic carbocycles. The predicted octanol–water partition coefficient (Wildman–Crippen LogP) is 3.78. The summed E-state index contributed by atoms with van der Waals surface area (Å²) in [5, 5.41) is 2.91. The number of amides is 1. The zero-order chi connectivity index (χ0) is 16.5. The number of ether oxygens (including phenoxy) is 1. The van der Waals surface area contributed by atoms with E-state index in [2.05, 4.69) is 50.4 Å². The Hall–Kier alpha value is -2.11. The fourth-order valence-electron chi connectivity index (χ4n) is 3.07. The van der Waals surface area contributed by atoms with Crippen molar-refractivity contribution < 1.29 is 9.53 Å². The van der Waals surface area contributed by atoms with E-state index in [1.54, 1.807) is 0 Å². The number of hydrogen-bond donors (Lipinski definition) is 1. The maximum atomic E-state index is 12.2. The van der Waals surface area contributed by atoms with Gasteiger partial charge in [-0.25, -0.2) is 0 Å². The SMILES string of the molecule is O=C1Nc2ccc(Br)cc2/C1=C/c1ccc(N2CCOCC2)cc1. The Morgan fingerprint density at radius 1 is 1.08 bits per heavy atom. The lowest BCUT2D eigenvalue weighted by Gasteiger charge is -2.28. The van der Waals surface area contributed by atoms with E-state index in [1.807, 2.05) is 24.3 Å². The van der Waals surface area contributed by atoms with E-state index in [0.717, 1.165) is 47.6 Å². The van der Waals surface area contributed by atoms with Crippen LogP contribution in [0.2, 0.25) is 0 Å². The minimum Gasteiger partial charge on any atom is -0.378 e. The van der Waals surface area contributed by atoms with Gasteiger partial charge in [0, 0.05) is 40.1 Å². The smallest absolute Gasteiger partial charge is 0.256 e. The first-order valence-electron chi connectivity index (χ1n) is 7.96. The molecular weight excluding hydrogens is 368 g/mol. The van der Waals surface area contributed by atoms with Gasteiger partial charge in [0.25, 0.3) is 5.91 Å². The van der Waals surface area contributed by atoms with Crippen molar-refractivity contribution >= 4 is 44.9 Å². The molecule has 122 valence electrons. The first-order chi connectivity index (χ1) is 11.7. The predicted molar refractivity (Wildman–Crippen MR) is 100 cm³/mol. The highest BCUT2D eigenvalue weighted by atomic mass is 79.9. The maximum Gasteiger partial charge on any atom is 0.256 e. The van der Waals surface area contributed by atoms with Gasteiger partial charge in [0.1, 0.15) is 0 Å². The molecule has 24 heavy (non-hydrogen) atoms. The molecule has 5 heteroatoms. The molecule has 1 saturated heterocycles. The van der Waals surface area contributed by atoms with Crippen molar-refractivity contribution in [2.24, 2.45) is 0 Å². The molecule has 1 N–H and O–H groups in total. The van der Waals surface area contributed by atoms with Crippen LogP contribution >= 0.6 is 15.9 Å². The number of carbonyl (C=O) groups is 1. The van der Waals surface area contributed by atoms with E-state index in [1.165, 1.54) is 5.69 Å². The van der Waals surface area contributed by atoms with Crippen LogP contribution in [0, 0.1) is 0 Å². The molecule has 1 amide bonds. The molecule has 2 aromatic rings. The number of morpholine rings is 1. The topological polar surface area (TPSA) is 41.6 Å². The number of carbonyl (C=O) groups excluding carboxylic acids is 1. The highest BCUT2D eigenvalue weighted by molar-refractivity contribution is 9.10. The molecule has 0 saturated carbocycles. The van der Waals surface area contributed by atoms with Gasteiger partial charge in [0.05, 0.1) is 13.2 Å². The van der Waals surface area contributed by atoms with Crippen LogP contribution in [0.25, 0.3) is 11.6 Å². The zero-order valence-corrected chi connectivity index (χ0v) is 14.7. The van der Waals surface area contributed by atoms with E-state index in [0.29, 0.717) is 5.57 Å². The molecule has 0 unspecified atom stereocenters. The summed E-state index contributed by atoms with van der Waals surface area (Å²) >= 11 is 3.47. The Bertz CT molecular complexity index is 809. The average molecular weight is 385 g/mol. The van der Waals surface area contributed by atoms with Gasteiger partial charge in [-0.15, -0.1) is 0 Å². The van der Waals surface area contributed by atoms with Crippen molar-refractivity contribution in [3.05, 3.63) is 58.1 Å². The van der Waals surface area contributed by atoms with Crippen molar-refractivity contribution in [1.82, 2.24) is 0 Å². The van der Waals surface area contributed by atoms with Crippen LogP contribution in [0.3, 0.4) is 0 Å². The Labute approximate surface area is 149 Å². The monoisotopic (exact) mass is 384 g/mol. The molecular formula is C19H17BrN2O2. The molecule has 0 aromatic heterocycles. The van der Waals surface area contributed by atoms with Gasteiger partial charge >= 0.3 is 0 Å². The first-order valence-corrected chi connectivity index (χ1v) is 8.76. The summed E-state index contributed by atoms with van der Waals surface area (Å²) in [6.45, 7) is 3.39. The van der Waals surface area contributed by atoms with Gasteiger partial charge < -0.3 is 15.0 Å². The van der Waals surface area contributed by atoms with E-state index in [9.17, 15) is 4.79 Å². The third-order valence-electron chi connectivity index (χ3n) is 4.34. The van der Waals surface area contributed by atoms with Crippen LogP contribution in [0.15, 0.2) is 46.9 Å². The number of nitrogens with one attached hydrogen (secondary N) is 1. The lowest BCUT2D eigenvalue weighted by Crippen LogP contribution is -2.36.